The number of ether oxygens (including phenoxy) is 1. The molecule has 0 radical (unpaired) electrons. The summed E-state index contributed by atoms with van der Waals surface area (Å²) in [5.41, 5.74) is 0.431. The first-order chi connectivity index (χ1) is 14.8. The Bertz CT molecular complexity index is 655. The van der Waals surface area contributed by atoms with E-state index in [1.54, 1.807) is 9.80 Å². The van der Waals surface area contributed by atoms with E-state index in [1.807, 2.05) is 12.5 Å². The predicted octanol–water partition coefficient (Wildman–Crippen LogP) is 1.87. The van der Waals surface area contributed by atoms with Crippen LogP contribution in [0.15, 0.2) is 0 Å². The van der Waals surface area contributed by atoms with Gasteiger partial charge in [-0.15, -0.1) is 0 Å². The fourth-order valence-corrected chi connectivity index (χ4v) is 7.41. The van der Waals surface area contributed by atoms with E-state index in [-0.39, 0.29) is 35.3 Å². The van der Waals surface area contributed by atoms with E-state index in [2.05, 4.69) is 5.32 Å². The summed E-state index contributed by atoms with van der Waals surface area (Å²) in [4.78, 5) is 40.0. The summed E-state index contributed by atoms with van der Waals surface area (Å²) in [5.74, 6) is 3.04. The van der Waals surface area contributed by atoms with E-state index >= 15 is 0 Å². The molecule has 5 rings (SSSR count). The smallest absolute Gasteiger partial charge is 0.409 e. The lowest BCUT2D eigenvalue weighted by Gasteiger charge is -2.57. The number of amides is 3. The maximum absolute atomic E-state index is 12.5. The van der Waals surface area contributed by atoms with Crippen LogP contribution in [-0.4, -0.2) is 85.3 Å². The second-order valence-corrected chi connectivity index (χ2v) is 12.8. The van der Waals surface area contributed by atoms with Crippen LogP contribution in [-0.2, 0) is 25.2 Å². The number of nitrogens with zero attached hydrogens (tertiary/aromatic N) is 2. The third kappa shape index (κ3) is 5.68. The average Bonchev–Trinajstić information content (AvgIpc) is 2.70. The summed E-state index contributed by atoms with van der Waals surface area (Å²) in [5, 5.41) is 2.70. The Morgan fingerprint density at radius 3 is 2.03 bits per heavy atom. The highest BCUT2D eigenvalue weighted by Gasteiger charge is 2.50. The van der Waals surface area contributed by atoms with Crippen molar-refractivity contribution in [2.75, 3.05) is 57.6 Å². The fraction of sp³-hybridized carbons (Fsp3) is 0.870. The third-order valence-electron chi connectivity index (χ3n) is 7.77. The molecular formula is C23H38N3O4S+. The summed E-state index contributed by atoms with van der Waals surface area (Å²) in [6, 6.07) is 0. The van der Waals surface area contributed by atoms with Crippen molar-refractivity contribution >= 4 is 28.8 Å². The second-order valence-electron chi connectivity index (χ2n) is 10.6. The third-order valence-corrected chi connectivity index (χ3v) is 8.61. The van der Waals surface area contributed by atoms with Crippen molar-refractivity contribution < 1.29 is 19.1 Å². The molecule has 1 heterocycles. The molecule has 8 heteroatoms. The van der Waals surface area contributed by atoms with Crippen LogP contribution in [0.25, 0.3) is 0 Å². The zero-order valence-corrected chi connectivity index (χ0v) is 19.9. The van der Waals surface area contributed by atoms with Gasteiger partial charge >= 0.3 is 6.09 Å². The predicted molar refractivity (Wildman–Crippen MR) is 122 cm³/mol. The van der Waals surface area contributed by atoms with Crippen LogP contribution in [0.1, 0.15) is 44.9 Å². The minimum Gasteiger partial charge on any atom is -0.449 e. The summed E-state index contributed by atoms with van der Waals surface area (Å²) < 4.78 is 5.66. The van der Waals surface area contributed by atoms with Crippen LogP contribution < -0.4 is 5.32 Å². The maximum atomic E-state index is 12.5. The van der Waals surface area contributed by atoms with Crippen molar-refractivity contribution in [1.82, 2.24) is 15.1 Å². The maximum Gasteiger partial charge on any atom is 0.409 e. The van der Waals surface area contributed by atoms with Crippen LogP contribution in [0.3, 0.4) is 0 Å². The molecule has 174 valence electrons. The average molecular weight is 453 g/mol. The van der Waals surface area contributed by atoms with Gasteiger partial charge in [0.15, 0.2) is 5.75 Å². The Labute approximate surface area is 189 Å². The Morgan fingerprint density at radius 2 is 1.48 bits per heavy atom. The van der Waals surface area contributed by atoms with Gasteiger partial charge in [-0.25, -0.2) is 4.79 Å². The van der Waals surface area contributed by atoms with Crippen molar-refractivity contribution in [3.05, 3.63) is 0 Å². The molecule has 0 aromatic carbocycles. The molecule has 1 saturated heterocycles. The zero-order chi connectivity index (χ0) is 22.0. The normalized spacial score (nSPS) is 31.8. The van der Waals surface area contributed by atoms with Crippen molar-refractivity contribution in [3.63, 3.8) is 0 Å². The number of carbonyl (C=O) groups is 3. The van der Waals surface area contributed by atoms with E-state index in [4.69, 9.17) is 4.74 Å². The number of carbonyl (C=O) groups excluding carboxylic acids is 3. The SMILES string of the molecule is C[S+](C)CC(=O)NCC(=O)N1CCN(C(=O)OCCC23CC4CC(CC(C4)C2)C3)CC1. The molecule has 4 saturated carbocycles. The lowest BCUT2D eigenvalue weighted by molar-refractivity contribution is -0.133. The van der Waals surface area contributed by atoms with Gasteiger partial charge < -0.3 is 19.9 Å². The number of hydrogen-bond donors (Lipinski definition) is 1. The fourth-order valence-electron chi connectivity index (χ4n) is 6.78. The first-order valence-corrected chi connectivity index (χ1v) is 14.0. The molecule has 1 N–H and O–H groups in total. The molecule has 31 heavy (non-hydrogen) atoms. The molecular weight excluding hydrogens is 414 g/mol. The van der Waals surface area contributed by atoms with Gasteiger partial charge in [0.25, 0.3) is 5.91 Å². The lowest BCUT2D eigenvalue weighted by atomic mass is 9.49. The van der Waals surface area contributed by atoms with Crippen LogP contribution in [0, 0.1) is 23.2 Å². The molecule has 4 aliphatic carbocycles. The number of nitrogens with one attached hydrogen (secondary N) is 1. The van der Waals surface area contributed by atoms with Crippen LogP contribution in [0.4, 0.5) is 4.79 Å². The van der Waals surface area contributed by atoms with E-state index < -0.39 is 0 Å². The van der Waals surface area contributed by atoms with Gasteiger partial charge in [-0.3, -0.25) is 9.59 Å². The molecule has 0 aromatic heterocycles. The first kappa shape index (κ1) is 22.7. The van der Waals surface area contributed by atoms with E-state index in [1.165, 1.54) is 38.5 Å². The highest BCUT2D eigenvalue weighted by atomic mass is 32.2. The van der Waals surface area contributed by atoms with Crippen LogP contribution >= 0.6 is 0 Å². The molecule has 3 amide bonds. The molecule has 5 fully saturated rings. The highest BCUT2D eigenvalue weighted by Crippen LogP contribution is 2.61. The summed E-state index contributed by atoms with van der Waals surface area (Å²) >= 11 is 0. The lowest BCUT2D eigenvalue weighted by Crippen LogP contribution is -2.53. The minimum absolute atomic E-state index is 0.0232. The Balaban J connectivity index is 1.14. The molecule has 0 spiro atoms. The van der Waals surface area contributed by atoms with Crippen molar-refractivity contribution in [2.24, 2.45) is 23.2 Å². The number of piperazine rings is 1. The number of rotatable bonds is 7. The molecule has 7 nitrogen and oxygen atoms in total. The molecule has 5 aliphatic rings. The quantitative estimate of drug-likeness (QED) is 0.598. The summed E-state index contributed by atoms with van der Waals surface area (Å²) in [6.45, 7) is 2.51. The van der Waals surface area contributed by atoms with Gasteiger partial charge in [0.05, 0.1) is 25.7 Å². The van der Waals surface area contributed by atoms with Gasteiger partial charge in [-0.05, 0) is 79.0 Å². The Hall–Kier alpha value is -1.44. The first-order valence-electron chi connectivity index (χ1n) is 11.8. The largest absolute Gasteiger partial charge is 0.449 e. The minimum atomic E-state index is -0.247. The van der Waals surface area contributed by atoms with Gasteiger partial charge in [-0.1, -0.05) is 0 Å². The number of hydrogen-bond acceptors (Lipinski definition) is 4. The van der Waals surface area contributed by atoms with Crippen molar-refractivity contribution in [2.45, 2.75) is 44.9 Å². The second kappa shape index (κ2) is 9.59. The molecule has 0 aromatic rings. The topological polar surface area (TPSA) is 79.0 Å². The summed E-state index contributed by atoms with van der Waals surface area (Å²) in [6.07, 6.45) is 13.1. The van der Waals surface area contributed by atoms with Gasteiger partial charge in [0, 0.05) is 26.2 Å². The summed E-state index contributed by atoms with van der Waals surface area (Å²) in [7, 11) is 0.0232. The zero-order valence-electron chi connectivity index (χ0n) is 19.1. The van der Waals surface area contributed by atoms with E-state index in [0.29, 0.717) is 44.0 Å². The van der Waals surface area contributed by atoms with Crippen LogP contribution in [0.2, 0.25) is 0 Å². The molecule has 0 atom stereocenters. The van der Waals surface area contributed by atoms with Crippen LogP contribution in [0.5, 0.6) is 0 Å². The Morgan fingerprint density at radius 1 is 0.935 bits per heavy atom. The highest BCUT2D eigenvalue weighted by molar-refractivity contribution is 7.96. The van der Waals surface area contributed by atoms with Gasteiger partial charge in [0.2, 0.25) is 5.91 Å². The monoisotopic (exact) mass is 452 g/mol. The van der Waals surface area contributed by atoms with E-state index in [9.17, 15) is 14.4 Å². The Kier molecular flexibility index (Phi) is 7.04. The molecule has 4 bridgehead atoms. The van der Waals surface area contributed by atoms with Crippen molar-refractivity contribution in [1.29, 1.82) is 0 Å². The standard InChI is InChI=1S/C23H37N3O4S/c1-31(2)16-20(27)24-15-21(28)25-4-6-26(7-5-25)22(29)30-8-3-23-12-17-9-18(13-23)11-19(10-17)14-23/h17-19H,3-16H2,1-2H3/p+1. The molecule has 1 aliphatic heterocycles. The molecule has 0 unspecified atom stereocenters. The van der Waals surface area contributed by atoms with Gasteiger partial charge in [0.1, 0.15) is 0 Å². The van der Waals surface area contributed by atoms with Crippen molar-refractivity contribution in [3.8, 4) is 0 Å². The van der Waals surface area contributed by atoms with Gasteiger partial charge in [-0.2, -0.15) is 0 Å². The van der Waals surface area contributed by atoms with E-state index in [0.717, 1.165) is 24.2 Å².